The topological polar surface area (TPSA) is 58.6 Å². The molecule has 0 amide bonds. The molecule has 0 saturated carbocycles. The number of hydrogen-bond donors (Lipinski definition) is 2. The van der Waals surface area contributed by atoms with Gasteiger partial charge in [-0.05, 0) is 24.5 Å². The van der Waals surface area contributed by atoms with Gasteiger partial charge in [0.1, 0.15) is 11.8 Å². The third-order valence-electron chi connectivity index (χ3n) is 2.84. The first-order valence-corrected chi connectivity index (χ1v) is 7.08. The number of carbonyl (C=O) groups excluding carboxylic acids is 1. The third-order valence-corrected chi connectivity index (χ3v) is 3.35. The minimum atomic E-state index is -0.433. The maximum Gasteiger partial charge on any atom is 0.322 e. The summed E-state index contributed by atoms with van der Waals surface area (Å²) in [7, 11) is 1.35. The summed E-state index contributed by atoms with van der Waals surface area (Å²) in [5, 5.41) is 13.5. The summed E-state index contributed by atoms with van der Waals surface area (Å²) in [6, 6.07) is 2.64. The van der Waals surface area contributed by atoms with Gasteiger partial charge in [0.25, 0.3) is 0 Å². The number of ether oxygens (including phenoxy) is 1. The maximum atomic E-state index is 11.7. The van der Waals surface area contributed by atoms with Gasteiger partial charge < -0.3 is 15.2 Å². The monoisotopic (exact) mass is 319 g/mol. The Hall–Kier alpha value is -0.970. The van der Waals surface area contributed by atoms with E-state index in [4.69, 9.17) is 27.9 Å². The number of carbonyl (C=O) groups is 1. The molecule has 0 aliphatic carbocycles. The van der Waals surface area contributed by atoms with Crippen LogP contribution in [0.4, 0.5) is 0 Å². The van der Waals surface area contributed by atoms with E-state index in [1.807, 2.05) is 13.8 Å². The molecule has 0 bridgehead atoms. The molecule has 20 heavy (non-hydrogen) atoms. The summed E-state index contributed by atoms with van der Waals surface area (Å²) in [5.74, 6) is -0.0220. The third kappa shape index (κ3) is 4.85. The summed E-state index contributed by atoms with van der Waals surface area (Å²) in [6.07, 6.45) is 0.641. The molecule has 112 valence electrons. The van der Waals surface area contributed by atoms with Gasteiger partial charge in [-0.3, -0.25) is 4.79 Å². The van der Waals surface area contributed by atoms with Crippen LogP contribution >= 0.6 is 23.2 Å². The maximum absolute atomic E-state index is 11.7. The average Bonchev–Trinajstić information content (AvgIpc) is 2.38. The van der Waals surface area contributed by atoms with E-state index in [1.165, 1.54) is 13.2 Å². The molecule has 0 saturated heterocycles. The lowest BCUT2D eigenvalue weighted by Crippen LogP contribution is -2.38. The van der Waals surface area contributed by atoms with Crippen molar-refractivity contribution in [2.24, 2.45) is 5.92 Å². The number of benzene rings is 1. The predicted molar refractivity (Wildman–Crippen MR) is 80.2 cm³/mol. The van der Waals surface area contributed by atoms with E-state index in [1.54, 1.807) is 6.07 Å². The second-order valence-corrected chi connectivity index (χ2v) is 5.83. The van der Waals surface area contributed by atoms with Gasteiger partial charge in [-0.25, -0.2) is 0 Å². The number of phenols is 1. The number of esters is 1. The first-order valence-electron chi connectivity index (χ1n) is 6.33. The van der Waals surface area contributed by atoms with Crippen molar-refractivity contribution in [1.29, 1.82) is 0 Å². The Morgan fingerprint density at radius 1 is 1.40 bits per heavy atom. The van der Waals surface area contributed by atoms with Crippen molar-refractivity contribution in [3.8, 4) is 5.75 Å². The molecule has 1 unspecified atom stereocenters. The van der Waals surface area contributed by atoms with Gasteiger partial charge in [0.15, 0.2) is 0 Å². The fourth-order valence-electron chi connectivity index (χ4n) is 1.86. The van der Waals surface area contributed by atoms with E-state index in [2.05, 4.69) is 5.32 Å². The molecule has 0 spiro atoms. The molecule has 0 aliphatic rings. The molecule has 0 aromatic heterocycles. The van der Waals surface area contributed by atoms with Crippen molar-refractivity contribution in [1.82, 2.24) is 5.32 Å². The molecule has 6 heteroatoms. The highest BCUT2D eigenvalue weighted by molar-refractivity contribution is 6.35. The van der Waals surface area contributed by atoms with Crippen molar-refractivity contribution in [3.05, 3.63) is 27.7 Å². The molecule has 1 atom stereocenters. The van der Waals surface area contributed by atoms with Gasteiger partial charge in [-0.15, -0.1) is 0 Å². The molecule has 1 aromatic rings. The lowest BCUT2D eigenvalue weighted by molar-refractivity contribution is -0.143. The molecule has 0 fully saturated rings. The van der Waals surface area contributed by atoms with Gasteiger partial charge in [-0.2, -0.15) is 0 Å². The van der Waals surface area contributed by atoms with Crippen LogP contribution in [0.15, 0.2) is 12.1 Å². The molecule has 2 N–H and O–H groups in total. The van der Waals surface area contributed by atoms with E-state index in [-0.39, 0.29) is 23.3 Å². The smallest absolute Gasteiger partial charge is 0.322 e. The van der Waals surface area contributed by atoms with E-state index >= 15 is 0 Å². The second-order valence-electron chi connectivity index (χ2n) is 4.98. The normalized spacial score (nSPS) is 12.5. The van der Waals surface area contributed by atoms with Crippen LogP contribution in [0.2, 0.25) is 10.0 Å². The van der Waals surface area contributed by atoms with E-state index in [0.29, 0.717) is 22.9 Å². The highest BCUT2D eigenvalue weighted by atomic mass is 35.5. The minimum Gasteiger partial charge on any atom is -0.506 e. The number of nitrogens with one attached hydrogen (secondary N) is 1. The Kier molecular flexibility index (Phi) is 6.59. The largest absolute Gasteiger partial charge is 0.506 e. The Balaban J connectivity index is 2.79. The summed E-state index contributed by atoms with van der Waals surface area (Å²) in [4.78, 5) is 11.7. The fourth-order valence-corrected chi connectivity index (χ4v) is 2.40. The number of hydrogen-bond acceptors (Lipinski definition) is 4. The molecular formula is C14H19Cl2NO3. The van der Waals surface area contributed by atoms with Gasteiger partial charge >= 0.3 is 5.97 Å². The van der Waals surface area contributed by atoms with Gasteiger partial charge in [0.2, 0.25) is 0 Å². The predicted octanol–water partition coefficient (Wildman–Crippen LogP) is 3.38. The highest BCUT2D eigenvalue weighted by Gasteiger charge is 2.20. The number of phenolic OH excluding ortho intramolecular Hbond substituents is 1. The zero-order valence-electron chi connectivity index (χ0n) is 11.7. The van der Waals surface area contributed by atoms with Gasteiger partial charge in [-0.1, -0.05) is 37.0 Å². The van der Waals surface area contributed by atoms with E-state index < -0.39 is 6.04 Å². The number of halogens is 2. The molecule has 4 nitrogen and oxygen atoms in total. The fraction of sp³-hybridized carbons (Fsp3) is 0.500. The van der Waals surface area contributed by atoms with Crippen LogP contribution in [-0.4, -0.2) is 24.2 Å². The van der Waals surface area contributed by atoms with Crippen LogP contribution in [0.3, 0.4) is 0 Å². The van der Waals surface area contributed by atoms with Crippen LogP contribution in [0.1, 0.15) is 25.8 Å². The average molecular weight is 320 g/mol. The zero-order chi connectivity index (χ0) is 15.3. The number of methoxy groups -OCH3 is 1. The molecular weight excluding hydrogens is 301 g/mol. The van der Waals surface area contributed by atoms with E-state index in [0.717, 1.165) is 0 Å². The van der Waals surface area contributed by atoms with Crippen molar-refractivity contribution in [2.45, 2.75) is 32.9 Å². The molecule has 1 aromatic carbocycles. The quantitative estimate of drug-likeness (QED) is 0.789. The lowest BCUT2D eigenvalue weighted by atomic mass is 10.0. The Bertz CT molecular complexity index is 478. The Morgan fingerprint density at radius 2 is 2.05 bits per heavy atom. The van der Waals surface area contributed by atoms with Crippen LogP contribution in [0.5, 0.6) is 5.75 Å². The van der Waals surface area contributed by atoms with Crippen molar-refractivity contribution >= 4 is 29.2 Å². The van der Waals surface area contributed by atoms with Crippen LogP contribution in [0.25, 0.3) is 0 Å². The minimum absolute atomic E-state index is 0.0308. The Labute approximate surface area is 129 Å². The number of aromatic hydroxyl groups is 1. The van der Waals surface area contributed by atoms with Crippen molar-refractivity contribution in [3.63, 3.8) is 0 Å². The van der Waals surface area contributed by atoms with Gasteiger partial charge in [0.05, 0.1) is 12.1 Å². The Morgan fingerprint density at radius 3 is 2.60 bits per heavy atom. The van der Waals surface area contributed by atoms with Crippen molar-refractivity contribution in [2.75, 3.05) is 7.11 Å². The van der Waals surface area contributed by atoms with E-state index in [9.17, 15) is 9.90 Å². The van der Waals surface area contributed by atoms with Crippen LogP contribution < -0.4 is 5.32 Å². The second kappa shape index (κ2) is 7.72. The summed E-state index contributed by atoms with van der Waals surface area (Å²) in [5.41, 5.74) is 0.542. The van der Waals surface area contributed by atoms with Crippen LogP contribution in [0, 0.1) is 5.92 Å². The zero-order valence-corrected chi connectivity index (χ0v) is 13.3. The molecule has 1 rings (SSSR count). The molecule has 0 aliphatic heterocycles. The summed E-state index contributed by atoms with van der Waals surface area (Å²) >= 11 is 11.8. The SMILES string of the molecule is COC(=O)C(CC(C)C)NCc1cc(Cl)cc(Cl)c1O. The van der Waals surface area contributed by atoms with Crippen LogP contribution in [-0.2, 0) is 16.1 Å². The number of rotatable bonds is 6. The first kappa shape index (κ1) is 17.1. The lowest BCUT2D eigenvalue weighted by Gasteiger charge is -2.19. The summed E-state index contributed by atoms with van der Waals surface area (Å²) < 4.78 is 4.76. The molecule has 0 radical (unpaired) electrons. The highest BCUT2D eigenvalue weighted by Crippen LogP contribution is 2.31. The summed E-state index contributed by atoms with van der Waals surface area (Å²) in [6.45, 7) is 4.31. The molecule has 0 heterocycles. The van der Waals surface area contributed by atoms with Crippen molar-refractivity contribution < 1.29 is 14.6 Å². The van der Waals surface area contributed by atoms with Gasteiger partial charge in [0, 0.05) is 17.1 Å². The standard InChI is InChI=1S/C14H19Cl2NO3/c1-8(2)4-12(14(19)20-3)17-7-9-5-10(15)6-11(16)13(9)18/h5-6,8,12,17-18H,4,7H2,1-3H3. The first-order chi connectivity index (χ1) is 9.35.